The van der Waals surface area contributed by atoms with Crippen LogP contribution in [-0.2, 0) is 6.54 Å². The number of carbonyl (C=O) groups excluding carboxylic acids is 1. The van der Waals surface area contributed by atoms with Gasteiger partial charge in [-0.2, -0.15) is 0 Å². The second kappa shape index (κ2) is 6.78. The normalized spacial score (nSPS) is 14.3. The molecule has 1 aromatic rings. The summed E-state index contributed by atoms with van der Waals surface area (Å²) in [7, 11) is 0. The first-order chi connectivity index (χ1) is 9.29. The number of nitrogens with zero attached hydrogens (tertiary/aromatic N) is 1. The van der Waals surface area contributed by atoms with Gasteiger partial charge in [0.15, 0.2) is 5.96 Å². The van der Waals surface area contributed by atoms with E-state index in [0.29, 0.717) is 18.7 Å². The Morgan fingerprint density at radius 1 is 1.47 bits per heavy atom. The highest BCUT2D eigenvalue weighted by Gasteiger charge is 2.06. The smallest absolute Gasteiger partial charge is 0.251 e. The summed E-state index contributed by atoms with van der Waals surface area (Å²) in [5.74, 6) is 0.812. The number of nitrogens with one attached hydrogen (secondary N) is 3. The molecule has 0 atom stereocenters. The molecule has 2 rings (SSSR count). The van der Waals surface area contributed by atoms with Crippen LogP contribution < -0.4 is 16.0 Å². The van der Waals surface area contributed by atoms with E-state index < -0.39 is 0 Å². The van der Waals surface area contributed by atoms with Gasteiger partial charge in [0.1, 0.15) is 0 Å². The van der Waals surface area contributed by atoms with Crippen LogP contribution in [0.2, 0.25) is 0 Å². The highest BCUT2D eigenvalue weighted by Crippen LogP contribution is 2.05. The predicted octanol–water partition coefficient (Wildman–Crippen LogP) is 0.875. The van der Waals surface area contributed by atoms with E-state index in [0.717, 1.165) is 31.0 Å². The van der Waals surface area contributed by atoms with Gasteiger partial charge in [0, 0.05) is 31.7 Å². The molecule has 0 unspecified atom stereocenters. The Bertz CT molecular complexity index is 470. The largest absolute Gasteiger partial charge is 0.356 e. The molecule has 0 radical (unpaired) electrons. The lowest BCUT2D eigenvalue weighted by molar-refractivity contribution is 0.0955. The van der Waals surface area contributed by atoms with Crippen molar-refractivity contribution < 1.29 is 4.79 Å². The monoisotopic (exact) mass is 260 g/mol. The van der Waals surface area contributed by atoms with E-state index in [4.69, 9.17) is 0 Å². The third-order valence-electron chi connectivity index (χ3n) is 2.88. The first-order valence-electron chi connectivity index (χ1n) is 6.69. The molecule has 1 aliphatic rings. The van der Waals surface area contributed by atoms with Crippen molar-refractivity contribution >= 4 is 11.9 Å². The average molecular weight is 260 g/mol. The molecule has 1 heterocycles. The Labute approximate surface area is 113 Å². The first kappa shape index (κ1) is 13.4. The van der Waals surface area contributed by atoms with Gasteiger partial charge in [0.05, 0.1) is 0 Å². The van der Waals surface area contributed by atoms with Gasteiger partial charge in [-0.3, -0.25) is 9.79 Å². The lowest BCUT2D eigenvalue weighted by Gasteiger charge is -2.16. The fraction of sp³-hybridized carbons (Fsp3) is 0.429. The topological polar surface area (TPSA) is 65.5 Å². The van der Waals surface area contributed by atoms with Crippen LogP contribution in [0.4, 0.5) is 0 Å². The standard InChI is InChI=1S/C14H20N4O/c1-2-15-13(19)12-6-3-5-11(9-12)10-18-14-16-7-4-8-17-14/h3,5-6,9H,2,4,7-8,10H2,1H3,(H,15,19)(H2,16,17,18). The Kier molecular flexibility index (Phi) is 4.78. The molecular weight excluding hydrogens is 240 g/mol. The number of rotatable bonds is 4. The number of aliphatic imine (C=N–C) groups is 1. The molecule has 1 amide bonds. The van der Waals surface area contributed by atoms with E-state index >= 15 is 0 Å². The minimum Gasteiger partial charge on any atom is -0.356 e. The molecule has 1 aromatic carbocycles. The predicted molar refractivity (Wildman–Crippen MR) is 76.2 cm³/mol. The molecular formula is C14H20N4O. The lowest BCUT2D eigenvalue weighted by atomic mass is 10.1. The minimum absolute atomic E-state index is 0.0301. The number of hydrogen-bond donors (Lipinski definition) is 3. The summed E-state index contributed by atoms with van der Waals surface area (Å²) in [5.41, 5.74) is 1.76. The van der Waals surface area contributed by atoms with E-state index in [2.05, 4.69) is 20.9 Å². The first-order valence-corrected chi connectivity index (χ1v) is 6.69. The summed E-state index contributed by atoms with van der Waals surface area (Å²) in [6, 6.07) is 7.63. The molecule has 0 saturated carbocycles. The van der Waals surface area contributed by atoms with Gasteiger partial charge in [-0.25, -0.2) is 0 Å². The van der Waals surface area contributed by atoms with E-state index in [9.17, 15) is 4.79 Å². The Morgan fingerprint density at radius 2 is 2.37 bits per heavy atom. The summed E-state index contributed by atoms with van der Waals surface area (Å²) in [6.45, 7) is 5.05. The maximum atomic E-state index is 11.7. The van der Waals surface area contributed by atoms with Gasteiger partial charge in [0.2, 0.25) is 0 Å². The van der Waals surface area contributed by atoms with Crippen LogP contribution in [0, 0.1) is 0 Å². The van der Waals surface area contributed by atoms with Crippen molar-refractivity contribution in [3.63, 3.8) is 0 Å². The van der Waals surface area contributed by atoms with E-state index in [1.54, 1.807) is 0 Å². The van der Waals surface area contributed by atoms with Crippen LogP contribution in [0.3, 0.4) is 0 Å². The zero-order chi connectivity index (χ0) is 13.5. The van der Waals surface area contributed by atoms with Gasteiger partial charge in [-0.05, 0) is 31.0 Å². The van der Waals surface area contributed by atoms with Crippen molar-refractivity contribution in [3.8, 4) is 0 Å². The van der Waals surface area contributed by atoms with Gasteiger partial charge in [-0.1, -0.05) is 12.1 Å². The molecule has 0 aliphatic carbocycles. The summed E-state index contributed by atoms with van der Waals surface area (Å²) >= 11 is 0. The van der Waals surface area contributed by atoms with Crippen LogP contribution in [0.5, 0.6) is 0 Å². The molecule has 0 aromatic heterocycles. The van der Waals surface area contributed by atoms with Crippen molar-refractivity contribution in [1.29, 1.82) is 0 Å². The van der Waals surface area contributed by atoms with Crippen molar-refractivity contribution in [1.82, 2.24) is 16.0 Å². The maximum Gasteiger partial charge on any atom is 0.251 e. The maximum absolute atomic E-state index is 11.7. The molecule has 102 valence electrons. The lowest BCUT2D eigenvalue weighted by Crippen LogP contribution is -2.40. The molecule has 5 nitrogen and oxygen atoms in total. The fourth-order valence-electron chi connectivity index (χ4n) is 1.92. The molecule has 0 spiro atoms. The van der Waals surface area contributed by atoms with Crippen molar-refractivity contribution in [2.24, 2.45) is 4.99 Å². The van der Waals surface area contributed by atoms with Crippen LogP contribution in [0.25, 0.3) is 0 Å². The second-order valence-corrected chi connectivity index (χ2v) is 4.42. The van der Waals surface area contributed by atoms with Gasteiger partial charge in [-0.15, -0.1) is 0 Å². The number of hydrogen-bond acceptors (Lipinski definition) is 4. The number of guanidine groups is 1. The molecule has 5 heteroatoms. The molecule has 19 heavy (non-hydrogen) atoms. The van der Waals surface area contributed by atoms with Crippen LogP contribution in [0.1, 0.15) is 29.3 Å². The summed E-state index contributed by atoms with van der Waals surface area (Å²) in [5, 5.41) is 9.25. The van der Waals surface area contributed by atoms with E-state index in [1.165, 1.54) is 0 Å². The highest BCUT2D eigenvalue weighted by atomic mass is 16.1. The number of carbonyl (C=O) groups is 1. The number of benzene rings is 1. The second-order valence-electron chi connectivity index (χ2n) is 4.42. The SMILES string of the molecule is CCNC(=O)c1cccc(CNC2=NCCCN2)c1. The zero-order valence-corrected chi connectivity index (χ0v) is 11.2. The molecule has 1 aliphatic heterocycles. The zero-order valence-electron chi connectivity index (χ0n) is 11.2. The summed E-state index contributed by atoms with van der Waals surface area (Å²) in [4.78, 5) is 16.1. The molecule has 0 saturated heterocycles. The van der Waals surface area contributed by atoms with Crippen LogP contribution in [0.15, 0.2) is 29.3 Å². The molecule has 0 bridgehead atoms. The molecule has 3 N–H and O–H groups in total. The quantitative estimate of drug-likeness (QED) is 0.753. The van der Waals surface area contributed by atoms with Crippen molar-refractivity contribution in [2.75, 3.05) is 19.6 Å². The summed E-state index contributed by atoms with van der Waals surface area (Å²) < 4.78 is 0. The van der Waals surface area contributed by atoms with Crippen molar-refractivity contribution in [3.05, 3.63) is 35.4 Å². The summed E-state index contributed by atoms with van der Waals surface area (Å²) in [6.07, 6.45) is 1.08. The minimum atomic E-state index is -0.0301. The van der Waals surface area contributed by atoms with Gasteiger partial charge in [0.25, 0.3) is 5.91 Å². The van der Waals surface area contributed by atoms with Crippen LogP contribution in [-0.4, -0.2) is 31.5 Å². The third kappa shape index (κ3) is 3.98. The third-order valence-corrected chi connectivity index (χ3v) is 2.88. The van der Waals surface area contributed by atoms with Gasteiger partial charge < -0.3 is 16.0 Å². The Balaban J connectivity index is 1.95. The van der Waals surface area contributed by atoms with Crippen molar-refractivity contribution in [2.45, 2.75) is 19.9 Å². The Morgan fingerprint density at radius 3 is 3.11 bits per heavy atom. The fourth-order valence-corrected chi connectivity index (χ4v) is 1.92. The van der Waals surface area contributed by atoms with E-state index in [1.807, 2.05) is 31.2 Å². The van der Waals surface area contributed by atoms with Crippen LogP contribution >= 0.6 is 0 Å². The van der Waals surface area contributed by atoms with Gasteiger partial charge >= 0.3 is 0 Å². The highest BCUT2D eigenvalue weighted by molar-refractivity contribution is 5.94. The molecule has 0 fully saturated rings. The Hall–Kier alpha value is -2.04. The number of amides is 1. The average Bonchev–Trinajstić information content (AvgIpc) is 2.47. The van der Waals surface area contributed by atoms with E-state index in [-0.39, 0.29) is 5.91 Å².